The topological polar surface area (TPSA) is 60.8 Å². The van der Waals surface area contributed by atoms with Gasteiger partial charge in [0.15, 0.2) is 5.82 Å². The molecule has 0 N–H and O–H groups in total. The molecule has 7 nitrogen and oxygen atoms in total. The van der Waals surface area contributed by atoms with Crippen molar-refractivity contribution in [3.8, 4) is 11.4 Å². The molecule has 3 aliphatic rings. The maximum Gasteiger partial charge on any atom is 0.398 e. The fourth-order valence-corrected chi connectivity index (χ4v) is 4.93. The van der Waals surface area contributed by atoms with Crippen LogP contribution in [0.25, 0.3) is 11.4 Å². The molecule has 0 saturated carbocycles. The number of alkyl halides is 3. The Kier molecular flexibility index (Phi) is 7.83. The van der Waals surface area contributed by atoms with E-state index >= 15 is 0 Å². The van der Waals surface area contributed by atoms with Crippen molar-refractivity contribution in [2.75, 3.05) is 49.1 Å². The van der Waals surface area contributed by atoms with Crippen molar-refractivity contribution in [2.45, 2.75) is 31.9 Å². The van der Waals surface area contributed by atoms with Gasteiger partial charge in [0.05, 0.1) is 10.9 Å². The van der Waals surface area contributed by atoms with Gasteiger partial charge in [-0.1, -0.05) is 30.5 Å². The van der Waals surface area contributed by atoms with Gasteiger partial charge >= 0.3 is 6.18 Å². The van der Waals surface area contributed by atoms with Crippen LogP contribution in [0.1, 0.15) is 25.7 Å². The van der Waals surface area contributed by atoms with Crippen LogP contribution in [0.15, 0.2) is 47.2 Å². The normalized spacial score (nSPS) is 20.8. The minimum absolute atomic E-state index is 0.0155. The van der Waals surface area contributed by atoms with Gasteiger partial charge in [0.25, 0.3) is 0 Å². The zero-order valence-electron chi connectivity index (χ0n) is 20.7. The van der Waals surface area contributed by atoms with Crippen molar-refractivity contribution in [1.29, 1.82) is 0 Å². The molecule has 1 unspecified atom stereocenters. The van der Waals surface area contributed by atoms with Gasteiger partial charge in [0.1, 0.15) is 11.6 Å². The number of aromatic nitrogens is 3. The Balaban J connectivity index is 1.40. The number of anilines is 2. The first-order valence-corrected chi connectivity index (χ1v) is 13.1. The SMILES string of the molecule is Fc1ccc(-c2nc(N3CCCCCC3)nc(N3CCN(C4=CC(C(F)(F)F)C=CC=N4)CC3)n2)cc1Cl. The second-order valence-electron chi connectivity index (χ2n) is 9.52. The van der Waals surface area contributed by atoms with E-state index in [0.29, 0.717) is 55.3 Å². The first-order valence-electron chi connectivity index (χ1n) is 12.7. The van der Waals surface area contributed by atoms with Crippen LogP contribution in [0.3, 0.4) is 0 Å². The van der Waals surface area contributed by atoms with E-state index in [9.17, 15) is 17.6 Å². The van der Waals surface area contributed by atoms with Gasteiger partial charge < -0.3 is 14.7 Å². The Bertz CT molecular complexity index is 1230. The second-order valence-corrected chi connectivity index (χ2v) is 9.93. The minimum Gasteiger partial charge on any atom is -0.353 e. The summed E-state index contributed by atoms with van der Waals surface area (Å²) in [6, 6.07) is 4.38. The van der Waals surface area contributed by atoms with Gasteiger partial charge in [-0.15, -0.1) is 0 Å². The van der Waals surface area contributed by atoms with E-state index in [1.54, 1.807) is 6.07 Å². The third-order valence-corrected chi connectivity index (χ3v) is 7.17. The lowest BCUT2D eigenvalue weighted by atomic mass is 10.1. The number of halogens is 5. The van der Waals surface area contributed by atoms with E-state index in [2.05, 4.69) is 14.9 Å². The summed E-state index contributed by atoms with van der Waals surface area (Å²) in [4.78, 5) is 24.4. The predicted octanol–water partition coefficient (Wildman–Crippen LogP) is 5.49. The van der Waals surface area contributed by atoms with Crippen molar-refractivity contribution < 1.29 is 17.6 Å². The van der Waals surface area contributed by atoms with Crippen LogP contribution >= 0.6 is 11.6 Å². The fourth-order valence-electron chi connectivity index (χ4n) is 4.75. The first kappa shape index (κ1) is 26.4. The van der Waals surface area contributed by atoms with Crippen LogP contribution in [-0.4, -0.2) is 71.5 Å². The number of benzene rings is 1. The largest absolute Gasteiger partial charge is 0.398 e. The van der Waals surface area contributed by atoms with E-state index in [1.807, 2.05) is 9.80 Å². The number of aliphatic imine (C=N–C) groups is 1. The Morgan fingerprint density at radius 2 is 1.45 bits per heavy atom. The first-order chi connectivity index (χ1) is 18.3. The van der Waals surface area contributed by atoms with E-state index in [-0.39, 0.29) is 5.02 Å². The van der Waals surface area contributed by atoms with Crippen molar-refractivity contribution in [2.24, 2.45) is 10.9 Å². The lowest BCUT2D eigenvalue weighted by Crippen LogP contribution is -2.46. The Morgan fingerprint density at radius 3 is 2.08 bits per heavy atom. The molecule has 1 atom stereocenters. The highest BCUT2D eigenvalue weighted by molar-refractivity contribution is 6.31. The molecule has 202 valence electrons. The molecule has 1 aromatic carbocycles. The monoisotopic (exact) mass is 549 g/mol. The second kappa shape index (κ2) is 11.3. The van der Waals surface area contributed by atoms with E-state index < -0.39 is 17.9 Å². The van der Waals surface area contributed by atoms with Crippen molar-refractivity contribution in [1.82, 2.24) is 19.9 Å². The third kappa shape index (κ3) is 6.09. The number of allylic oxidation sites excluding steroid dienone is 3. The van der Waals surface area contributed by atoms with Crippen molar-refractivity contribution >= 4 is 29.7 Å². The molecule has 1 aromatic heterocycles. The quantitative estimate of drug-likeness (QED) is 0.470. The molecular weight excluding hydrogens is 522 g/mol. The third-order valence-electron chi connectivity index (χ3n) is 6.88. The van der Waals surface area contributed by atoms with E-state index in [4.69, 9.17) is 21.6 Å². The molecule has 3 aliphatic heterocycles. The number of rotatable bonds is 4. The molecule has 38 heavy (non-hydrogen) atoms. The maximum atomic E-state index is 13.8. The number of hydrogen-bond acceptors (Lipinski definition) is 7. The lowest BCUT2D eigenvalue weighted by molar-refractivity contribution is -0.149. The van der Waals surface area contributed by atoms with Crippen molar-refractivity contribution in [3.05, 3.63) is 53.1 Å². The molecule has 0 bridgehead atoms. The summed E-state index contributed by atoms with van der Waals surface area (Å²) < 4.78 is 53.9. The molecule has 5 rings (SSSR count). The van der Waals surface area contributed by atoms with Gasteiger partial charge in [-0.25, -0.2) is 9.38 Å². The zero-order chi connectivity index (χ0) is 26.7. The van der Waals surface area contributed by atoms with Crippen LogP contribution in [0.4, 0.5) is 29.5 Å². The van der Waals surface area contributed by atoms with E-state index in [0.717, 1.165) is 50.9 Å². The molecular formula is C26H28ClF4N7. The average Bonchev–Trinajstić information content (AvgIpc) is 3.34. The van der Waals surface area contributed by atoms with Crippen LogP contribution in [0.5, 0.6) is 0 Å². The van der Waals surface area contributed by atoms with Crippen molar-refractivity contribution in [3.63, 3.8) is 0 Å². The summed E-state index contributed by atoms with van der Waals surface area (Å²) in [5.41, 5.74) is 0.582. The summed E-state index contributed by atoms with van der Waals surface area (Å²) >= 11 is 6.04. The molecule has 2 saturated heterocycles. The lowest BCUT2D eigenvalue weighted by Gasteiger charge is -2.36. The molecule has 0 spiro atoms. The summed E-state index contributed by atoms with van der Waals surface area (Å²) in [6.07, 6.45) is 5.00. The molecule has 0 radical (unpaired) electrons. The maximum absolute atomic E-state index is 13.8. The molecule has 2 aromatic rings. The van der Waals surface area contributed by atoms with E-state index in [1.165, 1.54) is 24.4 Å². The standard InChI is InChI=1S/C26H28ClF4N7/c27-20-16-18(7-8-21(20)28)23-33-24(37-10-3-1-2-4-11-37)35-25(34-23)38-14-12-36(13-15-38)22-17-19(26(29,30)31)6-5-9-32-22/h5-9,16-17,19H,1-4,10-15H2. The predicted molar refractivity (Wildman–Crippen MR) is 140 cm³/mol. The van der Waals surface area contributed by atoms with Gasteiger partial charge in [-0.2, -0.15) is 28.1 Å². The summed E-state index contributed by atoms with van der Waals surface area (Å²) in [6.45, 7) is 3.56. The molecule has 2 fully saturated rings. The Labute approximate surface area is 223 Å². The summed E-state index contributed by atoms with van der Waals surface area (Å²) in [5.74, 6) is -0.462. The number of hydrogen-bond donors (Lipinski definition) is 0. The van der Waals surface area contributed by atoms with Crippen LogP contribution in [0.2, 0.25) is 5.02 Å². The molecule has 4 heterocycles. The Morgan fingerprint density at radius 1 is 0.816 bits per heavy atom. The smallest absolute Gasteiger partial charge is 0.353 e. The van der Waals surface area contributed by atoms with Gasteiger partial charge in [0, 0.05) is 51.0 Å². The minimum atomic E-state index is -4.37. The Hall–Kier alpha value is -3.21. The highest BCUT2D eigenvalue weighted by Gasteiger charge is 2.37. The zero-order valence-corrected chi connectivity index (χ0v) is 21.5. The van der Waals surface area contributed by atoms with Crippen LogP contribution in [0, 0.1) is 11.7 Å². The molecule has 0 aliphatic carbocycles. The summed E-state index contributed by atoms with van der Waals surface area (Å²) in [5, 5.41) is -0.0155. The summed E-state index contributed by atoms with van der Waals surface area (Å²) in [7, 11) is 0. The average molecular weight is 550 g/mol. The highest BCUT2D eigenvalue weighted by Crippen LogP contribution is 2.32. The molecule has 12 heteroatoms. The van der Waals surface area contributed by atoms with Gasteiger partial charge in [-0.3, -0.25) is 0 Å². The van der Waals surface area contributed by atoms with Crippen LogP contribution in [-0.2, 0) is 0 Å². The number of nitrogens with zero attached hydrogens (tertiary/aromatic N) is 7. The molecule has 0 amide bonds. The van der Waals surface area contributed by atoms with Gasteiger partial charge in [-0.05, 0) is 43.2 Å². The highest BCUT2D eigenvalue weighted by atomic mass is 35.5. The van der Waals surface area contributed by atoms with Gasteiger partial charge in [0.2, 0.25) is 11.9 Å². The number of piperazine rings is 1. The van der Waals surface area contributed by atoms with Crippen LogP contribution < -0.4 is 9.80 Å². The fraction of sp³-hybridized carbons (Fsp3) is 0.462.